The molecule has 0 unspecified atom stereocenters. The minimum Gasteiger partial charge on any atom is -0.494 e. The highest BCUT2D eigenvalue weighted by Gasteiger charge is 2.15. The Kier molecular flexibility index (Phi) is 20.0. The van der Waals surface area contributed by atoms with Crippen molar-refractivity contribution in [2.24, 2.45) is 5.92 Å². The Morgan fingerprint density at radius 3 is 1.49 bits per heavy atom. The van der Waals surface area contributed by atoms with Crippen molar-refractivity contribution in [3.05, 3.63) is 71.8 Å². The lowest BCUT2D eigenvalue weighted by Crippen LogP contribution is -2.11. The Morgan fingerprint density at radius 1 is 0.532 bits per heavy atom. The molecule has 3 aromatic carbocycles. The molecule has 1 atom stereocenters. The lowest BCUT2D eigenvalue weighted by Gasteiger charge is -2.12. The number of carbonyl (C=O) groups excluding carboxylic acids is 1. The van der Waals surface area contributed by atoms with Crippen molar-refractivity contribution in [2.75, 3.05) is 6.61 Å². The van der Waals surface area contributed by atoms with Gasteiger partial charge in [-0.3, -0.25) is 4.79 Å². The van der Waals surface area contributed by atoms with Crippen LogP contribution in [0.4, 0.5) is 0 Å². The SMILES string of the molecule is CCCCCCCCCCCCCCCCCCOc1ccc2cc(OCc3ccc(C(=O)[C@H](C)CCCCCC)cc3)ccc2c1. The van der Waals surface area contributed by atoms with Crippen molar-refractivity contribution in [1.29, 1.82) is 0 Å². The Balaban J connectivity index is 1.25. The average molecular weight is 643 g/mol. The summed E-state index contributed by atoms with van der Waals surface area (Å²) in [6, 6.07) is 20.5. The fourth-order valence-corrected chi connectivity index (χ4v) is 6.45. The molecule has 0 saturated carbocycles. The minimum atomic E-state index is 0.0799. The van der Waals surface area contributed by atoms with E-state index >= 15 is 0 Å². The number of fused-ring (bicyclic) bond motifs is 1. The van der Waals surface area contributed by atoms with Crippen molar-refractivity contribution >= 4 is 16.6 Å². The van der Waals surface area contributed by atoms with Crippen LogP contribution in [0, 0.1) is 5.92 Å². The van der Waals surface area contributed by atoms with Gasteiger partial charge < -0.3 is 9.47 Å². The van der Waals surface area contributed by atoms with E-state index in [1.165, 1.54) is 116 Å². The molecule has 3 aromatic rings. The van der Waals surface area contributed by atoms with E-state index in [1.54, 1.807) is 0 Å². The first-order chi connectivity index (χ1) is 23.1. The molecule has 0 fully saturated rings. The van der Waals surface area contributed by atoms with Crippen molar-refractivity contribution in [3.63, 3.8) is 0 Å². The second kappa shape index (κ2) is 24.3. The second-order valence-corrected chi connectivity index (χ2v) is 13.9. The minimum absolute atomic E-state index is 0.0799. The Morgan fingerprint density at radius 2 is 0.979 bits per heavy atom. The Bertz CT molecular complexity index is 1230. The van der Waals surface area contributed by atoms with Gasteiger partial charge in [-0.2, -0.15) is 0 Å². The number of rotatable bonds is 28. The number of carbonyl (C=O) groups is 1. The third-order valence-corrected chi connectivity index (χ3v) is 9.63. The second-order valence-electron chi connectivity index (χ2n) is 13.9. The van der Waals surface area contributed by atoms with Gasteiger partial charge in [0.05, 0.1) is 6.61 Å². The van der Waals surface area contributed by atoms with Crippen molar-refractivity contribution < 1.29 is 14.3 Å². The number of ketones is 1. The molecular weight excluding hydrogens is 576 g/mol. The highest BCUT2D eigenvalue weighted by molar-refractivity contribution is 5.97. The third kappa shape index (κ3) is 16.2. The number of benzene rings is 3. The van der Waals surface area contributed by atoms with Crippen LogP contribution in [0.15, 0.2) is 60.7 Å². The topological polar surface area (TPSA) is 35.5 Å². The fraction of sp³-hybridized carbons (Fsp3) is 0.614. The smallest absolute Gasteiger partial charge is 0.165 e. The summed E-state index contributed by atoms with van der Waals surface area (Å²) in [5.74, 6) is 2.12. The largest absolute Gasteiger partial charge is 0.494 e. The van der Waals surface area contributed by atoms with E-state index in [0.29, 0.717) is 6.61 Å². The number of hydrogen-bond acceptors (Lipinski definition) is 3. The quantitative estimate of drug-likeness (QED) is 0.0584. The van der Waals surface area contributed by atoms with Gasteiger partial charge in [0.1, 0.15) is 18.1 Å². The maximum Gasteiger partial charge on any atom is 0.165 e. The van der Waals surface area contributed by atoms with E-state index < -0.39 is 0 Å². The molecule has 0 aromatic heterocycles. The molecule has 0 radical (unpaired) electrons. The molecule has 0 bridgehead atoms. The molecule has 0 heterocycles. The predicted octanol–water partition coefficient (Wildman–Crippen LogP) is 13.8. The zero-order valence-electron chi connectivity index (χ0n) is 30.3. The summed E-state index contributed by atoms with van der Waals surface area (Å²) >= 11 is 0. The van der Waals surface area contributed by atoms with Crippen LogP contribution < -0.4 is 9.47 Å². The predicted molar refractivity (Wildman–Crippen MR) is 202 cm³/mol. The van der Waals surface area contributed by atoms with Crippen LogP contribution in [0.1, 0.15) is 172 Å². The molecule has 0 N–H and O–H groups in total. The summed E-state index contributed by atoms with van der Waals surface area (Å²) in [4.78, 5) is 12.8. The normalized spacial score (nSPS) is 12.0. The number of ether oxygens (including phenoxy) is 2. The van der Waals surface area contributed by atoms with Gasteiger partial charge in [-0.15, -0.1) is 0 Å². The molecule has 0 saturated heterocycles. The van der Waals surface area contributed by atoms with Crippen molar-refractivity contribution in [1.82, 2.24) is 0 Å². The molecule has 260 valence electrons. The molecule has 0 aliphatic rings. The van der Waals surface area contributed by atoms with Gasteiger partial charge in [-0.25, -0.2) is 0 Å². The Hall–Kier alpha value is -2.81. The standard InChI is InChI=1S/C44H66O3/c1-4-6-8-10-11-12-13-14-15-16-17-18-19-20-21-23-33-46-42-31-29-41-35-43(32-30-40(41)34-42)47-36-38-25-27-39(28-26-38)44(45)37(3)24-22-9-7-5-2/h25-32,34-35,37H,4-24,33,36H2,1-3H3/t37-/m1/s1. The van der Waals surface area contributed by atoms with Gasteiger partial charge in [-0.05, 0) is 53.4 Å². The van der Waals surface area contributed by atoms with E-state index in [9.17, 15) is 4.79 Å². The average Bonchev–Trinajstić information content (AvgIpc) is 3.10. The molecule has 0 amide bonds. The molecule has 0 aliphatic heterocycles. The first-order valence-corrected chi connectivity index (χ1v) is 19.5. The lowest BCUT2D eigenvalue weighted by molar-refractivity contribution is 0.0922. The highest BCUT2D eigenvalue weighted by atomic mass is 16.5. The van der Waals surface area contributed by atoms with Crippen LogP contribution in [0.25, 0.3) is 10.8 Å². The number of hydrogen-bond donors (Lipinski definition) is 0. The van der Waals surface area contributed by atoms with E-state index in [0.717, 1.165) is 59.3 Å². The summed E-state index contributed by atoms with van der Waals surface area (Å²) in [5.41, 5.74) is 1.87. The molecule has 3 rings (SSSR count). The molecule has 47 heavy (non-hydrogen) atoms. The zero-order chi connectivity index (χ0) is 33.4. The van der Waals surface area contributed by atoms with Gasteiger partial charge in [0.15, 0.2) is 5.78 Å². The Labute approximate surface area is 288 Å². The first kappa shape index (κ1) is 38.6. The van der Waals surface area contributed by atoms with Crippen LogP contribution in [-0.2, 0) is 6.61 Å². The van der Waals surface area contributed by atoms with Crippen LogP contribution in [0.2, 0.25) is 0 Å². The van der Waals surface area contributed by atoms with E-state index in [1.807, 2.05) is 30.3 Å². The van der Waals surface area contributed by atoms with Crippen LogP contribution >= 0.6 is 0 Å². The number of unbranched alkanes of at least 4 members (excludes halogenated alkanes) is 18. The van der Waals surface area contributed by atoms with E-state index in [4.69, 9.17) is 9.47 Å². The van der Waals surface area contributed by atoms with Crippen LogP contribution in [0.3, 0.4) is 0 Å². The molecule has 0 spiro atoms. The number of Topliss-reactive ketones (excluding diaryl/α,β-unsaturated/α-hetero) is 1. The van der Waals surface area contributed by atoms with Gasteiger partial charge in [0.25, 0.3) is 0 Å². The van der Waals surface area contributed by atoms with Gasteiger partial charge in [-0.1, -0.05) is 179 Å². The maximum absolute atomic E-state index is 12.8. The van der Waals surface area contributed by atoms with Gasteiger partial charge >= 0.3 is 0 Å². The van der Waals surface area contributed by atoms with Gasteiger partial charge in [0, 0.05) is 11.5 Å². The lowest BCUT2D eigenvalue weighted by atomic mass is 9.93. The summed E-state index contributed by atoms with van der Waals surface area (Å²) in [7, 11) is 0. The monoisotopic (exact) mass is 643 g/mol. The molecule has 3 nitrogen and oxygen atoms in total. The summed E-state index contributed by atoms with van der Waals surface area (Å²) in [6.07, 6.45) is 27.9. The summed E-state index contributed by atoms with van der Waals surface area (Å²) < 4.78 is 12.2. The molecule has 3 heteroatoms. The van der Waals surface area contributed by atoms with E-state index in [2.05, 4.69) is 51.1 Å². The summed E-state index contributed by atoms with van der Waals surface area (Å²) in [5, 5.41) is 2.31. The highest BCUT2D eigenvalue weighted by Crippen LogP contribution is 2.26. The molecular formula is C44H66O3. The van der Waals surface area contributed by atoms with Crippen molar-refractivity contribution in [2.45, 2.75) is 162 Å². The third-order valence-electron chi connectivity index (χ3n) is 9.63. The maximum atomic E-state index is 12.8. The zero-order valence-corrected chi connectivity index (χ0v) is 30.3. The van der Waals surface area contributed by atoms with Crippen LogP contribution in [-0.4, -0.2) is 12.4 Å². The van der Waals surface area contributed by atoms with E-state index in [-0.39, 0.29) is 11.7 Å². The summed E-state index contributed by atoms with van der Waals surface area (Å²) in [6.45, 7) is 7.83. The van der Waals surface area contributed by atoms with Crippen LogP contribution in [0.5, 0.6) is 11.5 Å². The molecule has 0 aliphatic carbocycles. The fourth-order valence-electron chi connectivity index (χ4n) is 6.45. The van der Waals surface area contributed by atoms with Gasteiger partial charge in [0.2, 0.25) is 0 Å². The first-order valence-electron chi connectivity index (χ1n) is 19.5. The van der Waals surface area contributed by atoms with Crippen molar-refractivity contribution in [3.8, 4) is 11.5 Å².